The van der Waals surface area contributed by atoms with Crippen LogP contribution >= 0.6 is 0 Å². The van der Waals surface area contributed by atoms with Crippen LogP contribution in [-0.4, -0.2) is 47.7 Å². The summed E-state index contributed by atoms with van der Waals surface area (Å²) in [5.41, 5.74) is 0.928. The van der Waals surface area contributed by atoms with Gasteiger partial charge in [0.05, 0.1) is 6.61 Å². The molecule has 1 heterocycles. The molecular formula is C15H28N4O. The number of ether oxygens (including phenoxy) is 1. The topological polar surface area (TPSA) is 50.3 Å². The Morgan fingerprint density at radius 3 is 2.60 bits per heavy atom. The molecule has 0 aliphatic rings. The van der Waals surface area contributed by atoms with Crippen LogP contribution in [0.5, 0.6) is 5.88 Å². The van der Waals surface area contributed by atoms with Crippen molar-refractivity contribution in [3.8, 4) is 5.88 Å². The first-order valence-electron chi connectivity index (χ1n) is 7.64. The number of aromatic nitrogens is 2. The lowest BCUT2D eigenvalue weighted by Crippen LogP contribution is -2.25. The number of hydrogen-bond donors (Lipinski definition) is 1. The van der Waals surface area contributed by atoms with Crippen LogP contribution in [0.2, 0.25) is 0 Å². The van der Waals surface area contributed by atoms with Gasteiger partial charge in [-0.1, -0.05) is 20.8 Å². The Morgan fingerprint density at radius 1 is 1.20 bits per heavy atom. The zero-order valence-electron chi connectivity index (χ0n) is 13.3. The van der Waals surface area contributed by atoms with Gasteiger partial charge in [-0.2, -0.15) is 4.98 Å². The van der Waals surface area contributed by atoms with Crippen LogP contribution in [0.4, 0.5) is 5.95 Å². The second-order valence-corrected chi connectivity index (χ2v) is 4.83. The normalized spacial score (nSPS) is 10.8. The summed E-state index contributed by atoms with van der Waals surface area (Å²) in [6, 6.07) is 1.87. The van der Waals surface area contributed by atoms with Crippen LogP contribution in [0.25, 0.3) is 0 Å². The molecule has 114 valence electrons. The van der Waals surface area contributed by atoms with Gasteiger partial charge in [-0.05, 0) is 39.4 Å². The molecule has 0 aliphatic carbocycles. The lowest BCUT2D eigenvalue weighted by molar-refractivity contribution is 0.302. The summed E-state index contributed by atoms with van der Waals surface area (Å²) < 4.78 is 5.56. The molecule has 1 N–H and O–H groups in total. The lowest BCUT2D eigenvalue weighted by Gasteiger charge is -2.17. The molecule has 0 saturated carbocycles. The van der Waals surface area contributed by atoms with Gasteiger partial charge in [0, 0.05) is 18.3 Å². The molecule has 1 aromatic heterocycles. The highest BCUT2D eigenvalue weighted by atomic mass is 16.5. The van der Waals surface area contributed by atoms with E-state index in [1.54, 1.807) is 0 Å². The number of nitrogens with one attached hydrogen (secondary N) is 1. The van der Waals surface area contributed by atoms with E-state index in [0.29, 0.717) is 18.4 Å². The summed E-state index contributed by atoms with van der Waals surface area (Å²) in [6.45, 7) is 13.3. The van der Waals surface area contributed by atoms with Crippen molar-refractivity contribution >= 4 is 5.95 Å². The van der Waals surface area contributed by atoms with Crippen molar-refractivity contribution < 1.29 is 4.74 Å². The predicted octanol–water partition coefficient (Wildman–Crippen LogP) is 2.72. The molecule has 0 spiro atoms. The van der Waals surface area contributed by atoms with Crippen LogP contribution in [0.3, 0.4) is 0 Å². The molecule has 1 aromatic rings. The van der Waals surface area contributed by atoms with Crippen LogP contribution in [-0.2, 0) is 0 Å². The number of anilines is 1. The molecule has 0 aliphatic heterocycles. The van der Waals surface area contributed by atoms with Crippen LogP contribution in [0.15, 0.2) is 6.07 Å². The molecule has 0 atom stereocenters. The van der Waals surface area contributed by atoms with E-state index in [1.165, 1.54) is 0 Å². The molecule has 5 nitrogen and oxygen atoms in total. The second-order valence-electron chi connectivity index (χ2n) is 4.83. The average molecular weight is 280 g/mol. The molecule has 0 aromatic carbocycles. The zero-order valence-corrected chi connectivity index (χ0v) is 13.3. The number of nitrogens with zero attached hydrogens (tertiary/aromatic N) is 3. The SMILES string of the molecule is CCCOc1cc(C)nc(NCCCN(CC)CC)n1. The lowest BCUT2D eigenvalue weighted by atomic mass is 10.3. The Hall–Kier alpha value is -1.36. The molecule has 0 fully saturated rings. The molecule has 5 heteroatoms. The van der Waals surface area contributed by atoms with Gasteiger partial charge in [-0.15, -0.1) is 0 Å². The maximum atomic E-state index is 5.56. The zero-order chi connectivity index (χ0) is 14.8. The van der Waals surface area contributed by atoms with E-state index in [-0.39, 0.29) is 0 Å². The minimum Gasteiger partial charge on any atom is -0.478 e. The van der Waals surface area contributed by atoms with Crippen LogP contribution in [0.1, 0.15) is 39.3 Å². The minimum atomic E-state index is 0.658. The van der Waals surface area contributed by atoms with E-state index in [4.69, 9.17) is 4.74 Å². The second kappa shape index (κ2) is 9.53. The highest BCUT2D eigenvalue weighted by Gasteiger charge is 2.03. The van der Waals surface area contributed by atoms with E-state index in [0.717, 1.165) is 44.7 Å². The van der Waals surface area contributed by atoms with Crippen molar-refractivity contribution in [2.24, 2.45) is 0 Å². The number of hydrogen-bond acceptors (Lipinski definition) is 5. The van der Waals surface area contributed by atoms with Crippen LogP contribution in [0, 0.1) is 6.92 Å². The summed E-state index contributed by atoms with van der Waals surface area (Å²) in [5, 5.41) is 3.28. The fourth-order valence-electron chi connectivity index (χ4n) is 1.94. The smallest absolute Gasteiger partial charge is 0.226 e. The molecule has 0 bridgehead atoms. The fraction of sp³-hybridized carbons (Fsp3) is 0.733. The highest BCUT2D eigenvalue weighted by molar-refractivity contribution is 5.30. The number of aryl methyl sites for hydroxylation is 1. The molecule has 0 radical (unpaired) electrons. The highest BCUT2D eigenvalue weighted by Crippen LogP contribution is 2.12. The first kappa shape index (κ1) is 16.7. The van der Waals surface area contributed by atoms with Crippen molar-refractivity contribution in [3.63, 3.8) is 0 Å². The van der Waals surface area contributed by atoms with Gasteiger partial charge in [0.2, 0.25) is 11.8 Å². The van der Waals surface area contributed by atoms with Crippen LogP contribution < -0.4 is 10.1 Å². The van der Waals surface area contributed by atoms with Gasteiger partial charge >= 0.3 is 0 Å². The minimum absolute atomic E-state index is 0.658. The average Bonchev–Trinajstić information content (AvgIpc) is 2.45. The summed E-state index contributed by atoms with van der Waals surface area (Å²) in [5.74, 6) is 1.32. The first-order chi connectivity index (χ1) is 9.69. The van der Waals surface area contributed by atoms with E-state index < -0.39 is 0 Å². The molecule has 0 unspecified atom stereocenters. The van der Waals surface area contributed by atoms with Crippen molar-refractivity contribution in [2.75, 3.05) is 38.1 Å². The summed E-state index contributed by atoms with van der Waals surface area (Å²) in [7, 11) is 0. The van der Waals surface area contributed by atoms with Gasteiger partial charge < -0.3 is 15.0 Å². The quantitative estimate of drug-likeness (QED) is 0.668. The van der Waals surface area contributed by atoms with Crippen molar-refractivity contribution in [3.05, 3.63) is 11.8 Å². The van der Waals surface area contributed by atoms with Gasteiger partial charge in [-0.3, -0.25) is 0 Å². The largest absolute Gasteiger partial charge is 0.478 e. The van der Waals surface area contributed by atoms with Gasteiger partial charge in [-0.25, -0.2) is 4.98 Å². The Bertz CT molecular complexity index is 380. The van der Waals surface area contributed by atoms with E-state index >= 15 is 0 Å². The molecule has 0 amide bonds. The summed E-state index contributed by atoms with van der Waals surface area (Å²) in [6.07, 6.45) is 2.07. The standard InChI is InChI=1S/C15H28N4O/c1-5-11-20-14-12-13(4)17-15(18-14)16-9-8-10-19(6-2)7-3/h12H,5-11H2,1-4H3,(H,16,17,18). The Balaban J connectivity index is 2.41. The van der Waals surface area contributed by atoms with Crippen molar-refractivity contribution in [1.29, 1.82) is 0 Å². The molecule has 20 heavy (non-hydrogen) atoms. The van der Waals surface area contributed by atoms with E-state index in [9.17, 15) is 0 Å². The third-order valence-electron chi connectivity index (χ3n) is 3.11. The summed E-state index contributed by atoms with van der Waals surface area (Å²) in [4.78, 5) is 11.2. The first-order valence-corrected chi connectivity index (χ1v) is 7.64. The van der Waals surface area contributed by atoms with Gasteiger partial charge in [0.25, 0.3) is 0 Å². The summed E-state index contributed by atoms with van der Waals surface area (Å²) >= 11 is 0. The maximum absolute atomic E-state index is 5.56. The van der Waals surface area contributed by atoms with Gasteiger partial charge in [0.1, 0.15) is 0 Å². The van der Waals surface area contributed by atoms with E-state index in [2.05, 4.69) is 41.0 Å². The molecular weight excluding hydrogens is 252 g/mol. The Labute approximate surface area is 122 Å². The Morgan fingerprint density at radius 2 is 1.95 bits per heavy atom. The Kier molecular flexibility index (Phi) is 7.95. The molecule has 0 saturated heterocycles. The van der Waals surface area contributed by atoms with E-state index in [1.807, 2.05) is 13.0 Å². The predicted molar refractivity (Wildman–Crippen MR) is 83.4 cm³/mol. The third kappa shape index (κ3) is 6.19. The monoisotopic (exact) mass is 280 g/mol. The van der Waals surface area contributed by atoms with Crippen molar-refractivity contribution in [1.82, 2.24) is 14.9 Å². The number of rotatable bonds is 10. The third-order valence-corrected chi connectivity index (χ3v) is 3.11. The fourth-order valence-corrected chi connectivity index (χ4v) is 1.94. The van der Waals surface area contributed by atoms with Crippen molar-refractivity contribution in [2.45, 2.75) is 40.5 Å². The maximum Gasteiger partial charge on any atom is 0.226 e. The van der Waals surface area contributed by atoms with Gasteiger partial charge in [0.15, 0.2) is 0 Å². The molecule has 1 rings (SSSR count).